The molecule has 0 saturated carbocycles. The van der Waals surface area contributed by atoms with E-state index < -0.39 is 17.5 Å². The molecule has 2 aromatic carbocycles. The highest BCUT2D eigenvalue weighted by Crippen LogP contribution is 2.32. The number of aryl methyl sites for hydroxylation is 2. The molecule has 1 aliphatic heterocycles. The maximum absolute atomic E-state index is 13.3. The summed E-state index contributed by atoms with van der Waals surface area (Å²) in [6.07, 6.45) is 0. The van der Waals surface area contributed by atoms with Crippen LogP contribution in [0.2, 0.25) is 0 Å². The standard InChI is InChI=1S/C24H29N3O3/c1-14-10-18(23(3,4)5)11-15(2)19(14)13-27-21(29)24(6,26-22(27)30)17-9-7-8-16(12-17)20(25)28/h7-12H,13H2,1-6H3,(H2,25,28)(H,26,30). The normalized spacial score (nSPS) is 19.2. The number of hydrogen-bond donors (Lipinski definition) is 2. The van der Waals surface area contributed by atoms with E-state index in [4.69, 9.17) is 5.73 Å². The van der Waals surface area contributed by atoms with Crippen molar-refractivity contribution >= 4 is 17.8 Å². The van der Waals surface area contributed by atoms with Gasteiger partial charge in [-0.1, -0.05) is 45.0 Å². The Labute approximate surface area is 177 Å². The molecule has 2 aromatic rings. The van der Waals surface area contributed by atoms with Crippen LogP contribution in [0.15, 0.2) is 36.4 Å². The predicted octanol–water partition coefficient (Wildman–Crippen LogP) is 3.67. The number of benzene rings is 2. The molecule has 1 saturated heterocycles. The Balaban J connectivity index is 1.95. The van der Waals surface area contributed by atoms with Crippen LogP contribution in [0.25, 0.3) is 0 Å². The maximum Gasteiger partial charge on any atom is 0.325 e. The molecule has 3 rings (SSSR count). The highest BCUT2D eigenvalue weighted by molar-refractivity contribution is 6.07. The van der Waals surface area contributed by atoms with Crippen molar-refractivity contribution in [1.29, 1.82) is 0 Å². The van der Waals surface area contributed by atoms with Gasteiger partial charge in [0.2, 0.25) is 5.91 Å². The third kappa shape index (κ3) is 3.70. The second-order valence-electron chi connectivity index (χ2n) is 9.23. The van der Waals surface area contributed by atoms with Gasteiger partial charge in [0.15, 0.2) is 0 Å². The summed E-state index contributed by atoms with van der Waals surface area (Å²) >= 11 is 0. The topological polar surface area (TPSA) is 92.5 Å². The summed E-state index contributed by atoms with van der Waals surface area (Å²) < 4.78 is 0. The second kappa shape index (κ2) is 7.27. The Hall–Kier alpha value is -3.15. The van der Waals surface area contributed by atoms with Crippen molar-refractivity contribution in [3.63, 3.8) is 0 Å². The van der Waals surface area contributed by atoms with E-state index in [0.717, 1.165) is 16.7 Å². The maximum atomic E-state index is 13.3. The van der Waals surface area contributed by atoms with Gasteiger partial charge in [-0.05, 0) is 66.1 Å². The van der Waals surface area contributed by atoms with Gasteiger partial charge in [-0.25, -0.2) is 4.79 Å². The minimum Gasteiger partial charge on any atom is -0.366 e. The number of carbonyl (C=O) groups excluding carboxylic acids is 3. The molecule has 4 amide bonds. The fourth-order valence-corrected chi connectivity index (χ4v) is 3.85. The first-order valence-corrected chi connectivity index (χ1v) is 9.99. The zero-order valence-corrected chi connectivity index (χ0v) is 18.4. The van der Waals surface area contributed by atoms with E-state index in [1.165, 1.54) is 10.5 Å². The number of carbonyl (C=O) groups is 3. The average Bonchev–Trinajstić information content (AvgIpc) is 2.87. The largest absolute Gasteiger partial charge is 0.366 e. The Morgan fingerprint density at radius 3 is 2.23 bits per heavy atom. The van der Waals surface area contributed by atoms with Crippen molar-refractivity contribution in [3.05, 3.63) is 69.8 Å². The van der Waals surface area contributed by atoms with Crippen LogP contribution in [-0.4, -0.2) is 22.7 Å². The van der Waals surface area contributed by atoms with E-state index in [2.05, 4.69) is 38.2 Å². The molecule has 158 valence electrons. The van der Waals surface area contributed by atoms with E-state index in [1.807, 2.05) is 13.8 Å². The fraction of sp³-hybridized carbons (Fsp3) is 0.375. The summed E-state index contributed by atoms with van der Waals surface area (Å²) in [5, 5.41) is 2.79. The van der Waals surface area contributed by atoms with Gasteiger partial charge in [0.05, 0.1) is 6.54 Å². The lowest BCUT2D eigenvalue weighted by molar-refractivity contribution is -0.131. The van der Waals surface area contributed by atoms with Crippen LogP contribution >= 0.6 is 0 Å². The molecule has 1 unspecified atom stereocenters. The van der Waals surface area contributed by atoms with Gasteiger partial charge >= 0.3 is 6.03 Å². The first kappa shape index (κ1) is 21.6. The van der Waals surface area contributed by atoms with Crippen LogP contribution in [0.1, 0.15) is 65.9 Å². The van der Waals surface area contributed by atoms with E-state index >= 15 is 0 Å². The monoisotopic (exact) mass is 407 g/mol. The minimum absolute atomic E-state index is 0.0128. The van der Waals surface area contributed by atoms with E-state index in [1.54, 1.807) is 31.2 Å². The summed E-state index contributed by atoms with van der Waals surface area (Å²) in [5.74, 6) is -0.938. The average molecular weight is 408 g/mol. The van der Waals surface area contributed by atoms with E-state index in [0.29, 0.717) is 11.1 Å². The number of nitrogens with two attached hydrogens (primary N) is 1. The van der Waals surface area contributed by atoms with Crippen molar-refractivity contribution in [2.24, 2.45) is 5.73 Å². The molecule has 6 heteroatoms. The molecular weight excluding hydrogens is 378 g/mol. The van der Waals surface area contributed by atoms with Crippen molar-refractivity contribution in [2.45, 2.75) is 59.0 Å². The number of urea groups is 1. The zero-order valence-electron chi connectivity index (χ0n) is 18.4. The SMILES string of the molecule is Cc1cc(C(C)(C)C)cc(C)c1CN1C(=O)NC(C)(c2cccc(C(N)=O)c2)C1=O. The minimum atomic E-state index is -1.25. The van der Waals surface area contributed by atoms with Crippen LogP contribution in [0.5, 0.6) is 0 Å². The van der Waals surface area contributed by atoms with Gasteiger partial charge in [0, 0.05) is 5.56 Å². The van der Waals surface area contributed by atoms with Gasteiger partial charge < -0.3 is 11.1 Å². The highest BCUT2D eigenvalue weighted by atomic mass is 16.2. The number of nitrogens with one attached hydrogen (secondary N) is 1. The summed E-state index contributed by atoms with van der Waals surface area (Å²) in [4.78, 5) is 38.8. The van der Waals surface area contributed by atoms with E-state index in [9.17, 15) is 14.4 Å². The van der Waals surface area contributed by atoms with Gasteiger partial charge in [-0.3, -0.25) is 14.5 Å². The van der Waals surface area contributed by atoms with E-state index in [-0.39, 0.29) is 17.9 Å². The first-order chi connectivity index (χ1) is 13.8. The van der Waals surface area contributed by atoms with Crippen LogP contribution in [0.4, 0.5) is 4.79 Å². The Morgan fingerprint density at radius 1 is 1.10 bits per heavy atom. The Kier molecular flexibility index (Phi) is 5.23. The van der Waals surface area contributed by atoms with Crippen molar-refractivity contribution in [2.75, 3.05) is 0 Å². The quantitative estimate of drug-likeness (QED) is 0.758. The lowest BCUT2D eigenvalue weighted by Crippen LogP contribution is -2.41. The molecule has 0 bridgehead atoms. The summed E-state index contributed by atoms with van der Waals surface area (Å²) in [5.41, 5.74) is 9.21. The highest BCUT2D eigenvalue weighted by Gasteiger charge is 2.49. The third-order valence-corrected chi connectivity index (χ3v) is 5.88. The fourth-order valence-electron chi connectivity index (χ4n) is 3.85. The number of nitrogens with zero attached hydrogens (tertiary/aromatic N) is 1. The Morgan fingerprint density at radius 2 is 1.70 bits per heavy atom. The zero-order chi connectivity index (χ0) is 22.4. The summed E-state index contributed by atoms with van der Waals surface area (Å²) in [6, 6.07) is 10.3. The molecule has 0 spiro atoms. The van der Waals surface area contributed by atoms with Crippen LogP contribution < -0.4 is 11.1 Å². The summed E-state index contributed by atoms with van der Waals surface area (Å²) in [6.45, 7) is 12.3. The predicted molar refractivity (Wildman–Crippen MR) is 116 cm³/mol. The smallest absolute Gasteiger partial charge is 0.325 e. The molecule has 1 heterocycles. The molecule has 0 aliphatic carbocycles. The molecule has 1 aliphatic rings. The second-order valence-corrected chi connectivity index (χ2v) is 9.23. The Bertz CT molecular complexity index is 1030. The number of hydrogen-bond acceptors (Lipinski definition) is 3. The van der Waals surface area contributed by atoms with Crippen LogP contribution in [0.3, 0.4) is 0 Å². The number of imide groups is 1. The number of amides is 4. The van der Waals surface area contributed by atoms with Gasteiger partial charge in [0.25, 0.3) is 5.91 Å². The molecule has 30 heavy (non-hydrogen) atoms. The number of rotatable bonds is 4. The molecule has 1 fully saturated rings. The van der Waals surface area contributed by atoms with Crippen LogP contribution in [-0.2, 0) is 22.3 Å². The van der Waals surface area contributed by atoms with Gasteiger partial charge in [-0.15, -0.1) is 0 Å². The lowest BCUT2D eigenvalue weighted by atomic mass is 9.83. The molecule has 6 nitrogen and oxygen atoms in total. The molecule has 3 N–H and O–H groups in total. The molecular formula is C24H29N3O3. The van der Waals surface area contributed by atoms with Crippen molar-refractivity contribution in [3.8, 4) is 0 Å². The van der Waals surface area contributed by atoms with Crippen molar-refractivity contribution < 1.29 is 14.4 Å². The third-order valence-electron chi connectivity index (χ3n) is 5.88. The lowest BCUT2D eigenvalue weighted by Gasteiger charge is -2.25. The number of primary amides is 1. The van der Waals surface area contributed by atoms with Crippen molar-refractivity contribution in [1.82, 2.24) is 10.2 Å². The first-order valence-electron chi connectivity index (χ1n) is 9.99. The van der Waals surface area contributed by atoms with Gasteiger partial charge in [0.1, 0.15) is 5.54 Å². The van der Waals surface area contributed by atoms with Gasteiger partial charge in [-0.2, -0.15) is 0 Å². The van der Waals surface area contributed by atoms with Crippen LogP contribution in [0, 0.1) is 13.8 Å². The summed E-state index contributed by atoms with van der Waals surface area (Å²) in [7, 11) is 0. The molecule has 0 radical (unpaired) electrons. The molecule has 0 aromatic heterocycles. The molecule has 1 atom stereocenters.